The maximum absolute atomic E-state index is 12.7. The van der Waals surface area contributed by atoms with Gasteiger partial charge in [-0.2, -0.15) is 5.10 Å². The molecule has 0 bridgehead atoms. The molecule has 0 aromatic heterocycles. The number of nitrogens with zero attached hydrogens (tertiary/aromatic N) is 1. The molecule has 0 heterocycles. The number of urea groups is 1. The fraction of sp³-hybridized carbons (Fsp3) is 0.0870. The summed E-state index contributed by atoms with van der Waals surface area (Å²) in [6, 6.07) is 20.3. The van der Waals surface area contributed by atoms with Crippen LogP contribution in [0.25, 0.3) is 0 Å². The molecule has 4 rings (SSSR count). The van der Waals surface area contributed by atoms with Crippen molar-refractivity contribution in [1.82, 2.24) is 10.7 Å². The molecule has 0 radical (unpaired) electrons. The summed E-state index contributed by atoms with van der Waals surface area (Å²) in [4.78, 5) is 25.0. The maximum atomic E-state index is 12.7. The number of amides is 3. The van der Waals surface area contributed by atoms with Gasteiger partial charge in [-0.05, 0) is 54.4 Å². The van der Waals surface area contributed by atoms with Crippen LogP contribution >= 0.6 is 23.2 Å². The van der Waals surface area contributed by atoms with Crippen molar-refractivity contribution in [1.29, 1.82) is 0 Å². The summed E-state index contributed by atoms with van der Waals surface area (Å²) in [6.45, 7) is 0. The number of fused-ring (bicyclic) bond motifs is 1. The highest BCUT2D eigenvalue weighted by atomic mass is 35.5. The minimum atomic E-state index is -0.501. The highest BCUT2D eigenvalue weighted by Gasteiger charge is 2.30. The van der Waals surface area contributed by atoms with E-state index in [0.717, 1.165) is 11.1 Å². The van der Waals surface area contributed by atoms with Gasteiger partial charge in [0.25, 0.3) is 5.91 Å². The van der Waals surface area contributed by atoms with Crippen LogP contribution in [0.1, 0.15) is 21.5 Å². The fourth-order valence-electron chi connectivity index (χ4n) is 3.38. The third-order valence-electron chi connectivity index (χ3n) is 4.82. The first-order valence-corrected chi connectivity index (χ1v) is 10.3. The van der Waals surface area contributed by atoms with Gasteiger partial charge < -0.3 is 10.6 Å². The average molecular weight is 453 g/mol. The lowest BCUT2D eigenvalue weighted by atomic mass is 10.1. The molecule has 3 amide bonds. The van der Waals surface area contributed by atoms with Crippen LogP contribution in [0.4, 0.5) is 10.5 Å². The highest BCUT2D eigenvalue weighted by Crippen LogP contribution is 2.23. The van der Waals surface area contributed by atoms with Crippen molar-refractivity contribution in [2.75, 3.05) is 5.32 Å². The van der Waals surface area contributed by atoms with Crippen molar-refractivity contribution in [2.24, 2.45) is 5.10 Å². The van der Waals surface area contributed by atoms with E-state index in [2.05, 4.69) is 21.2 Å². The van der Waals surface area contributed by atoms with Crippen LogP contribution in [-0.2, 0) is 6.42 Å². The van der Waals surface area contributed by atoms with Gasteiger partial charge in [-0.25, -0.2) is 10.2 Å². The predicted octanol–water partition coefficient (Wildman–Crippen LogP) is 4.87. The Bertz CT molecular complexity index is 1160. The molecule has 3 aromatic carbocycles. The molecular formula is C23H18Cl2N4O2. The van der Waals surface area contributed by atoms with Gasteiger partial charge in [0, 0.05) is 26.9 Å². The second-order valence-electron chi connectivity index (χ2n) is 6.97. The largest absolute Gasteiger partial charge is 0.343 e. The zero-order valence-corrected chi connectivity index (χ0v) is 17.7. The molecule has 156 valence electrons. The Morgan fingerprint density at radius 2 is 1.68 bits per heavy atom. The zero-order chi connectivity index (χ0) is 21.8. The molecule has 31 heavy (non-hydrogen) atoms. The Kier molecular flexibility index (Phi) is 6.21. The van der Waals surface area contributed by atoms with E-state index in [1.807, 2.05) is 24.3 Å². The van der Waals surface area contributed by atoms with Gasteiger partial charge in [0.1, 0.15) is 0 Å². The van der Waals surface area contributed by atoms with E-state index in [0.29, 0.717) is 33.4 Å². The van der Waals surface area contributed by atoms with E-state index in [-0.39, 0.29) is 11.9 Å². The van der Waals surface area contributed by atoms with Crippen LogP contribution < -0.4 is 16.1 Å². The Hall–Kier alpha value is -3.35. The van der Waals surface area contributed by atoms with E-state index in [9.17, 15) is 9.59 Å². The number of hydrogen-bond donors (Lipinski definition) is 3. The van der Waals surface area contributed by atoms with Crippen LogP contribution in [0.5, 0.6) is 0 Å². The van der Waals surface area contributed by atoms with Gasteiger partial charge in [-0.1, -0.05) is 53.5 Å². The van der Waals surface area contributed by atoms with E-state index in [1.54, 1.807) is 48.5 Å². The first-order valence-electron chi connectivity index (χ1n) is 9.54. The van der Waals surface area contributed by atoms with E-state index in [1.165, 1.54) is 0 Å². The second kappa shape index (κ2) is 9.20. The number of benzene rings is 3. The molecule has 0 saturated carbocycles. The van der Waals surface area contributed by atoms with Crippen molar-refractivity contribution in [3.63, 3.8) is 0 Å². The standard InChI is InChI=1S/C23H18Cl2N4O2/c24-16-8-10-18(11-9-16)26-23(31)29-28-21-19-7-2-1-4-14(19)13-20(21)27-22(30)15-5-3-6-17(25)12-15/h1-12,20H,13H2,(H,27,30)(H2,26,29,31)/b28-21+. The molecule has 6 nitrogen and oxygen atoms in total. The summed E-state index contributed by atoms with van der Waals surface area (Å²) in [5.41, 5.74) is 6.05. The molecule has 0 spiro atoms. The molecule has 3 aromatic rings. The summed E-state index contributed by atoms with van der Waals surface area (Å²) < 4.78 is 0. The van der Waals surface area contributed by atoms with Crippen LogP contribution in [0.2, 0.25) is 10.0 Å². The first-order chi connectivity index (χ1) is 15.0. The van der Waals surface area contributed by atoms with Crippen LogP contribution in [-0.4, -0.2) is 23.7 Å². The molecular weight excluding hydrogens is 435 g/mol. The number of carbonyl (C=O) groups excluding carboxylic acids is 2. The van der Waals surface area contributed by atoms with Crippen molar-refractivity contribution >= 4 is 46.5 Å². The highest BCUT2D eigenvalue weighted by molar-refractivity contribution is 6.31. The SMILES string of the molecule is O=C(N/N=C1\c2ccccc2CC1NC(=O)c1cccc(Cl)c1)Nc1ccc(Cl)cc1. The summed E-state index contributed by atoms with van der Waals surface area (Å²) >= 11 is 11.9. The lowest BCUT2D eigenvalue weighted by Crippen LogP contribution is -2.40. The van der Waals surface area contributed by atoms with Crippen molar-refractivity contribution in [3.8, 4) is 0 Å². The Labute approximate surface area is 189 Å². The summed E-state index contributed by atoms with van der Waals surface area (Å²) in [7, 11) is 0. The number of carbonyl (C=O) groups is 2. The summed E-state index contributed by atoms with van der Waals surface area (Å²) in [5, 5.41) is 11.0. The van der Waals surface area contributed by atoms with E-state index >= 15 is 0 Å². The molecule has 1 unspecified atom stereocenters. The number of nitrogens with one attached hydrogen (secondary N) is 3. The molecule has 0 saturated heterocycles. The van der Waals surface area contributed by atoms with Gasteiger partial charge in [0.05, 0.1) is 11.8 Å². The molecule has 1 atom stereocenters. The lowest BCUT2D eigenvalue weighted by molar-refractivity contribution is 0.0947. The maximum Gasteiger partial charge on any atom is 0.339 e. The fourth-order valence-corrected chi connectivity index (χ4v) is 3.70. The number of rotatable bonds is 4. The molecule has 0 fully saturated rings. The van der Waals surface area contributed by atoms with Crippen molar-refractivity contribution < 1.29 is 9.59 Å². The number of anilines is 1. The molecule has 3 N–H and O–H groups in total. The summed E-state index contributed by atoms with van der Waals surface area (Å²) in [5.74, 6) is -0.265. The Morgan fingerprint density at radius 1 is 0.903 bits per heavy atom. The van der Waals surface area contributed by atoms with Crippen LogP contribution in [0.3, 0.4) is 0 Å². The van der Waals surface area contributed by atoms with E-state index in [4.69, 9.17) is 23.2 Å². The van der Waals surface area contributed by atoms with Gasteiger partial charge >= 0.3 is 6.03 Å². The molecule has 1 aliphatic carbocycles. The monoisotopic (exact) mass is 452 g/mol. The minimum Gasteiger partial charge on any atom is -0.343 e. The topological polar surface area (TPSA) is 82.6 Å². The smallest absolute Gasteiger partial charge is 0.339 e. The average Bonchev–Trinajstić information content (AvgIpc) is 3.11. The van der Waals surface area contributed by atoms with Gasteiger partial charge in [-0.15, -0.1) is 0 Å². The third kappa shape index (κ3) is 5.05. The molecule has 1 aliphatic rings. The molecule has 8 heteroatoms. The van der Waals surface area contributed by atoms with Gasteiger partial charge in [0.2, 0.25) is 0 Å². The van der Waals surface area contributed by atoms with Crippen molar-refractivity contribution in [2.45, 2.75) is 12.5 Å². The van der Waals surface area contributed by atoms with Crippen molar-refractivity contribution in [3.05, 3.63) is 99.5 Å². The summed E-state index contributed by atoms with van der Waals surface area (Å²) in [6.07, 6.45) is 0.571. The zero-order valence-electron chi connectivity index (χ0n) is 16.2. The number of hydrogen-bond acceptors (Lipinski definition) is 3. The normalized spacial score (nSPS) is 15.9. The van der Waals surface area contributed by atoms with Crippen LogP contribution in [0, 0.1) is 0 Å². The van der Waals surface area contributed by atoms with Gasteiger partial charge in [0.15, 0.2) is 0 Å². The van der Waals surface area contributed by atoms with Crippen LogP contribution in [0.15, 0.2) is 77.9 Å². The third-order valence-corrected chi connectivity index (χ3v) is 5.31. The first kappa shape index (κ1) is 20.9. The number of halogens is 2. The second-order valence-corrected chi connectivity index (χ2v) is 7.84. The Morgan fingerprint density at radius 3 is 2.45 bits per heavy atom. The predicted molar refractivity (Wildman–Crippen MR) is 123 cm³/mol. The van der Waals surface area contributed by atoms with Gasteiger partial charge in [-0.3, -0.25) is 4.79 Å². The lowest BCUT2D eigenvalue weighted by Gasteiger charge is -2.14. The minimum absolute atomic E-state index is 0.265. The Balaban J connectivity index is 1.51. The molecule has 0 aliphatic heterocycles. The van der Waals surface area contributed by atoms with E-state index < -0.39 is 6.03 Å². The number of hydrazone groups is 1. The quantitative estimate of drug-likeness (QED) is 0.493.